The van der Waals surface area contributed by atoms with Crippen LogP contribution in [0.15, 0.2) is 12.3 Å². The topological polar surface area (TPSA) is 29.0 Å². The molecule has 1 aromatic rings. The van der Waals surface area contributed by atoms with E-state index in [0.29, 0.717) is 0 Å². The van der Waals surface area contributed by atoms with Crippen LogP contribution in [0, 0.1) is 0 Å². The summed E-state index contributed by atoms with van der Waals surface area (Å²) in [5, 5.41) is 0. The average molecular weight is 217 g/mol. The first kappa shape index (κ1) is 10.2. The van der Waals surface area contributed by atoms with Crippen LogP contribution in [0.1, 0.15) is 18.5 Å². The standard InChI is InChI=1S/C9H10F3N3/c10-9(11,12)7-3-4-13-8(14-7)15-5-1-2-6-15/h3-4H,1-2,5-6H2. The average Bonchev–Trinajstić information content (AvgIpc) is 2.69. The maximum Gasteiger partial charge on any atom is 0.433 e. The van der Waals surface area contributed by atoms with E-state index >= 15 is 0 Å². The van der Waals surface area contributed by atoms with Crippen molar-refractivity contribution in [1.29, 1.82) is 0 Å². The Bertz CT molecular complexity index is 345. The number of hydrogen-bond acceptors (Lipinski definition) is 3. The number of nitrogens with zero attached hydrogens (tertiary/aromatic N) is 3. The van der Waals surface area contributed by atoms with Gasteiger partial charge in [-0.1, -0.05) is 0 Å². The molecule has 0 saturated carbocycles. The van der Waals surface area contributed by atoms with E-state index in [1.165, 1.54) is 0 Å². The van der Waals surface area contributed by atoms with E-state index in [-0.39, 0.29) is 5.95 Å². The fraction of sp³-hybridized carbons (Fsp3) is 0.556. The number of alkyl halides is 3. The van der Waals surface area contributed by atoms with Gasteiger partial charge in [-0.15, -0.1) is 0 Å². The van der Waals surface area contributed by atoms with Gasteiger partial charge in [0.1, 0.15) is 5.69 Å². The van der Waals surface area contributed by atoms with Crippen LogP contribution in [0.3, 0.4) is 0 Å². The van der Waals surface area contributed by atoms with E-state index < -0.39 is 11.9 Å². The van der Waals surface area contributed by atoms with Gasteiger partial charge in [-0.05, 0) is 18.9 Å². The Kier molecular flexibility index (Phi) is 2.50. The number of hydrogen-bond donors (Lipinski definition) is 0. The molecule has 2 rings (SSSR count). The van der Waals surface area contributed by atoms with Crippen LogP contribution in [-0.4, -0.2) is 23.1 Å². The fourth-order valence-corrected chi connectivity index (χ4v) is 1.58. The third-order valence-electron chi connectivity index (χ3n) is 2.32. The van der Waals surface area contributed by atoms with Crippen LogP contribution in [0.4, 0.5) is 19.1 Å². The maximum absolute atomic E-state index is 12.3. The van der Waals surface area contributed by atoms with Crippen molar-refractivity contribution in [2.24, 2.45) is 0 Å². The lowest BCUT2D eigenvalue weighted by Crippen LogP contribution is -2.22. The molecule has 0 radical (unpaired) electrons. The van der Waals surface area contributed by atoms with Crippen molar-refractivity contribution in [3.63, 3.8) is 0 Å². The third-order valence-corrected chi connectivity index (χ3v) is 2.32. The zero-order chi connectivity index (χ0) is 10.9. The molecule has 82 valence electrons. The van der Waals surface area contributed by atoms with Gasteiger partial charge in [-0.25, -0.2) is 9.97 Å². The molecule has 15 heavy (non-hydrogen) atoms. The molecule has 1 aliphatic rings. The predicted molar refractivity (Wildman–Crippen MR) is 48.5 cm³/mol. The highest BCUT2D eigenvalue weighted by atomic mass is 19.4. The summed E-state index contributed by atoms with van der Waals surface area (Å²) in [6.45, 7) is 1.47. The quantitative estimate of drug-likeness (QED) is 0.721. The van der Waals surface area contributed by atoms with E-state index in [0.717, 1.165) is 38.2 Å². The predicted octanol–water partition coefficient (Wildman–Crippen LogP) is 2.10. The molecule has 1 aliphatic heterocycles. The summed E-state index contributed by atoms with van der Waals surface area (Å²) >= 11 is 0. The summed E-state index contributed by atoms with van der Waals surface area (Å²) in [4.78, 5) is 9.14. The molecule has 0 atom stereocenters. The minimum atomic E-state index is -4.39. The highest BCUT2D eigenvalue weighted by Crippen LogP contribution is 2.28. The smallest absolute Gasteiger partial charge is 0.341 e. The molecule has 0 unspecified atom stereocenters. The molecule has 0 bridgehead atoms. The SMILES string of the molecule is FC(F)(F)c1ccnc(N2CCCC2)n1. The fourth-order valence-electron chi connectivity index (χ4n) is 1.58. The molecule has 0 spiro atoms. The molecular weight excluding hydrogens is 207 g/mol. The second-order valence-corrected chi connectivity index (χ2v) is 3.43. The zero-order valence-corrected chi connectivity index (χ0v) is 7.96. The Labute approximate surface area is 84.9 Å². The van der Waals surface area contributed by atoms with Gasteiger partial charge < -0.3 is 4.90 Å². The largest absolute Gasteiger partial charge is 0.433 e. The van der Waals surface area contributed by atoms with Gasteiger partial charge in [-0.3, -0.25) is 0 Å². The van der Waals surface area contributed by atoms with Crippen molar-refractivity contribution in [2.45, 2.75) is 19.0 Å². The zero-order valence-electron chi connectivity index (χ0n) is 7.96. The summed E-state index contributed by atoms with van der Waals surface area (Å²) in [5.41, 5.74) is -0.876. The van der Waals surface area contributed by atoms with Crippen molar-refractivity contribution in [1.82, 2.24) is 9.97 Å². The van der Waals surface area contributed by atoms with Crippen LogP contribution in [0.2, 0.25) is 0 Å². The van der Waals surface area contributed by atoms with Gasteiger partial charge in [0, 0.05) is 19.3 Å². The summed E-state index contributed by atoms with van der Waals surface area (Å²) in [6.07, 6.45) is -1.26. The molecule has 1 saturated heterocycles. The Hall–Kier alpha value is -1.33. The molecular formula is C9H10F3N3. The highest BCUT2D eigenvalue weighted by molar-refractivity contribution is 5.31. The van der Waals surface area contributed by atoms with Gasteiger partial charge in [-0.2, -0.15) is 13.2 Å². The molecule has 1 aromatic heterocycles. The van der Waals surface area contributed by atoms with Gasteiger partial charge in [0.05, 0.1) is 0 Å². The second-order valence-electron chi connectivity index (χ2n) is 3.43. The van der Waals surface area contributed by atoms with Crippen molar-refractivity contribution >= 4 is 5.95 Å². The first-order valence-electron chi connectivity index (χ1n) is 4.72. The Morgan fingerprint density at radius 3 is 2.47 bits per heavy atom. The van der Waals surface area contributed by atoms with E-state index in [2.05, 4.69) is 9.97 Å². The van der Waals surface area contributed by atoms with Crippen molar-refractivity contribution < 1.29 is 13.2 Å². The first-order chi connectivity index (χ1) is 7.07. The van der Waals surface area contributed by atoms with E-state index in [4.69, 9.17) is 0 Å². The van der Waals surface area contributed by atoms with E-state index in [9.17, 15) is 13.2 Å². The van der Waals surface area contributed by atoms with Crippen LogP contribution in [-0.2, 0) is 6.18 Å². The lowest BCUT2D eigenvalue weighted by molar-refractivity contribution is -0.141. The molecule has 2 heterocycles. The Balaban J connectivity index is 2.26. The van der Waals surface area contributed by atoms with Crippen LogP contribution in [0.25, 0.3) is 0 Å². The van der Waals surface area contributed by atoms with Crippen LogP contribution < -0.4 is 4.90 Å². The number of anilines is 1. The normalized spacial score (nSPS) is 17.1. The number of aromatic nitrogens is 2. The minimum Gasteiger partial charge on any atom is -0.341 e. The summed E-state index contributed by atoms with van der Waals surface area (Å²) < 4.78 is 37.0. The Morgan fingerprint density at radius 1 is 1.20 bits per heavy atom. The molecule has 0 N–H and O–H groups in total. The van der Waals surface area contributed by atoms with Crippen molar-refractivity contribution in [3.05, 3.63) is 18.0 Å². The molecule has 0 amide bonds. The van der Waals surface area contributed by atoms with E-state index in [1.807, 2.05) is 0 Å². The van der Waals surface area contributed by atoms with Crippen molar-refractivity contribution in [3.8, 4) is 0 Å². The van der Waals surface area contributed by atoms with Gasteiger partial charge in [0.2, 0.25) is 5.95 Å². The summed E-state index contributed by atoms with van der Waals surface area (Å²) in [6, 6.07) is 0.888. The van der Waals surface area contributed by atoms with Crippen LogP contribution in [0.5, 0.6) is 0 Å². The van der Waals surface area contributed by atoms with Crippen LogP contribution >= 0.6 is 0 Å². The molecule has 6 heteroatoms. The number of halogens is 3. The van der Waals surface area contributed by atoms with E-state index in [1.54, 1.807) is 4.90 Å². The number of rotatable bonds is 1. The first-order valence-corrected chi connectivity index (χ1v) is 4.72. The lowest BCUT2D eigenvalue weighted by Gasteiger charge is -2.15. The van der Waals surface area contributed by atoms with Gasteiger partial charge in [0.15, 0.2) is 0 Å². The third kappa shape index (κ3) is 2.19. The van der Waals surface area contributed by atoms with Gasteiger partial charge in [0.25, 0.3) is 0 Å². The molecule has 0 aromatic carbocycles. The molecule has 0 aliphatic carbocycles. The maximum atomic E-state index is 12.3. The monoisotopic (exact) mass is 217 g/mol. The lowest BCUT2D eigenvalue weighted by atomic mass is 10.4. The molecule has 1 fully saturated rings. The minimum absolute atomic E-state index is 0.183. The van der Waals surface area contributed by atoms with Gasteiger partial charge >= 0.3 is 6.18 Å². The molecule has 3 nitrogen and oxygen atoms in total. The Morgan fingerprint density at radius 2 is 1.87 bits per heavy atom. The second kappa shape index (κ2) is 3.67. The van der Waals surface area contributed by atoms with Crippen molar-refractivity contribution in [2.75, 3.05) is 18.0 Å². The summed E-state index contributed by atoms with van der Waals surface area (Å²) in [7, 11) is 0. The summed E-state index contributed by atoms with van der Waals surface area (Å²) in [5.74, 6) is 0.183. The highest BCUT2D eigenvalue weighted by Gasteiger charge is 2.33.